The van der Waals surface area contributed by atoms with E-state index in [0.29, 0.717) is 5.69 Å². The van der Waals surface area contributed by atoms with Crippen LogP contribution in [0.4, 0.5) is 11.4 Å². The van der Waals surface area contributed by atoms with Gasteiger partial charge in [-0.15, -0.1) is 0 Å². The second kappa shape index (κ2) is 8.79. The summed E-state index contributed by atoms with van der Waals surface area (Å²) < 4.78 is 5.20. The number of anilines is 1. The van der Waals surface area contributed by atoms with Crippen LogP contribution < -0.4 is 5.32 Å². The number of nitro benzene ring substituents is 1. The first kappa shape index (κ1) is 19.8. The van der Waals surface area contributed by atoms with Crippen molar-refractivity contribution in [3.05, 3.63) is 94.5 Å². The fourth-order valence-corrected chi connectivity index (χ4v) is 2.70. The minimum absolute atomic E-state index is 0.125. The van der Waals surface area contributed by atoms with Crippen molar-refractivity contribution in [1.29, 1.82) is 0 Å². The maximum Gasteiger partial charge on any atom is 0.338 e. The number of para-hydroxylation sites is 1. The molecule has 3 rings (SSSR count). The van der Waals surface area contributed by atoms with E-state index in [-0.39, 0.29) is 11.3 Å². The van der Waals surface area contributed by atoms with Crippen LogP contribution in [0.25, 0.3) is 11.1 Å². The monoisotopic (exact) mass is 390 g/mol. The van der Waals surface area contributed by atoms with E-state index in [1.807, 2.05) is 42.5 Å². The maximum absolute atomic E-state index is 12.5. The predicted molar refractivity (Wildman–Crippen MR) is 108 cm³/mol. The molecule has 3 aromatic rings. The molecular weight excluding hydrogens is 372 g/mol. The molecular formula is C22H18N2O5. The number of esters is 1. The summed E-state index contributed by atoms with van der Waals surface area (Å²) in [6.45, 7) is 1.46. The van der Waals surface area contributed by atoms with Crippen molar-refractivity contribution in [3.8, 4) is 11.1 Å². The van der Waals surface area contributed by atoms with Crippen LogP contribution in [0.1, 0.15) is 17.3 Å². The number of ether oxygens (including phenoxy) is 1. The Kier molecular flexibility index (Phi) is 5.99. The Morgan fingerprint density at radius 1 is 0.931 bits per heavy atom. The third kappa shape index (κ3) is 4.84. The Balaban J connectivity index is 1.68. The highest BCUT2D eigenvalue weighted by molar-refractivity contribution is 6.00. The lowest BCUT2D eigenvalue weighted by Crippen LogP contribution is -2.30. The van der Waals surface area contributed by atoms with Gasteiger partial charge in [0.15, 0.2) is 6.10 Å². The third-order valence-electron chi connectivity index (χ3n) is 4.24. The molecule has 0 heterocycles. The molecule has 0 saturated carbocycles. The van der Waals surface area contributed by atoms with Crippen LogP contribution in [0.5, 0.6) is 0 Å². The van der Waals surface area contributed by atoms with Gasteiger partial charge in [-0.05, 0) is 30.7 Å². The van der Waals surface area contributed by atoms with E-state index < -0.39 is 22.9 Å². The van der Waals surface area contributed by atoms with Crippen molar-refractivity contribution < 1.29 is 19.2 Å². The molecule has 0 unspecified atom stereocenters. The van der Waals surface area contributed by atoms with Crippen molar-refractivity contribution in [2.24, 2.45) is 0 Å². The summed E-state index contributed by atoms with van der Waals surface area (Å²) in [6.07, 6.45) is -1.05. The molecule has 0 aromatic heterocycles. The molecule has 3 aromatic carbocycles. The Morgan fingerprint density at radius 3 is 2.21 bits per heavy atom. The topological polar surface area (TPSA) is 98.5 Å². The first-order chi connectivity index (χ1) is 14.0. The molecule has 0 aliphatic carbocycles. The molecule has 0 saturated heterocycles. The van der Waals surface area contributed by atoms with E-state index in [2.05, 4.69) is 5.32 Å². The lowest BCUT2D eigenvalue weighted by Gasteiger charge is -2.16. The van der Waals surface area contributed by atoms with Gasteiger partial charge in [0.25, 0.3) is 11.6 Å². The summed E-state index contributed by atoms with van der Waals surface area (Å²) in [5.41, 5.74) is 2.38. The van der Waals surface area contributed by atoms with Crippen LogP contribution in [0.2, 0.25) is 0 Å². The van der Waals surface area contributed by atoms with E-state index >= 15 is 0 Å². The van der Waals surface area contributed by atoms with Gasteiger partial charge in [0.2, 0.25) is 0 Å². The van der Waals surface area contributed by atoms with Crippen LogP contribution in [0.3, 0.4) is 0 Å². The minimum Gasteiger partial charge on any atom is -0.449 e. The smallest absolute Gasteiger partial charge is 0.338 e. The first-order valence-electron chi connectivity index (χ1n) is 8.86. The summed E-state index contributed by atoms with van der Waals surface area (Å²) in [5.74, 6) is -1.22. The van der Waals surface area contributed by atoms with Crippen LogP contribution in [-0.2, 0) is 9.53 Å². The second-order valence-corrected chi connectivity index (χ2v) is 6.25. The van der Waals surface area contributed by atoms with Crippen LogP contribution in [-0.4, -0.2) is 22.9 Å². The Bertz CT molecular complexity index is 1030. The highest BCUT2D eigenvalue weighted by Crippen LogP contribution is 2.27. The van der Waals surface area contributed by atoms with Gasteiger partial charge in [0, 0.05) is 23.4 Å². The summed E-state index contributed by atoms with van der Waals surface area (Å²) in [4.78, 5) is 34.9. The van der Waals surface area contributed by atoms with Gasteiger partial charge in [-0.3, -0.25) is 14.9 Å². The van der Waals surface area contributed by atoms with Crippen molar-refractivity contribution in [3.63, 3.8) is 0 Å². The molecule has 1 N–H and O–H groups in total. The maximum atomic E-state index is 12.5. The largest absolute Gasteiger partial charge is 0.449 e. The molecule has 0 spiro atoms. The second-order valence-electron chi connectivity index (χ2n) is 6.25. The fourth-order valence-electron chi connectivity index (χ4n) is 2.70. The Hall–Kier alpha value is -4.00. The minimum atomic E-state index is -1.05. The van der Waals surface area contributed by atoms with E-state index in [0.717, 1.165) is 11.1 Å². The molecule has 1 amide bonds. The van der Waals surface area contributed by atoms with Gasteiger partial charge in [-0.2, -0.15) is 0 Å². The van der Waals surface area contributed by atoms with Gasteiger partial charge >= 0.3 is 5.97 Å². The van der Waals surface area contributed by atoms with E-state index in [9.17, 15) is 19.7 Å². The normalized spacial score (nSPS) is 11.3. The summed E-state index contributed by atoms with van der Waals surface area (Å²) in [5, 5.41) is 13.5. The molecule has 0 radical (unpaired) electrons. The number of nitro groups is 1. The van der Waals surface area contributed by atoms with E-state index in [1.165, 1.54) is 31.2 Å². The van der Waals surface area contributed by atoms with Gasteiger partial charge in [-0.25, -0.2) is 4.79 Å². The quantitative estimate of drug-likeness (QED) is 0.381. The summed E-state index contributed by atoms with van der Waals surface area (Å²) in [6, 6.07) is 21.9. The molecule has 7 heteroatoms. The zero-order chi connectivity index (χ0) is 20.8. The van der Waals surface area contributed by atoms with Crippen molar-refractivity contribution in [1.82, 2.24) is 0 Å². The molecule has 0 aliphatic heterocycles. The highest BCUT2D eigenvalue weighted by Gasteiger charge is 2.20. The van der Waals surface area contributed by atoms with Crippen molar-refractivity contribution in [2.45, 2.75) is 13.0 Å². The molecule has 1 atom stereocenters. The van der Waals surface area contributed by atoms with Crippen LogP contribution >= 0.6 is 0 Å². The molecule has 29 heavy (non-hydrogen) atoms. The number of hydrogen-bond donors (Lipinski definition) is 1. The van der Waals surface area contributed by atoms with Gasteiger partial charge < -0.3 is 10.1 Å². The molecule has 7 nitrogen and oxygen atoms in total. The van der Waals surface area contributed by atoms with Gasteiger partial charge in [-0.1, -0.05) is 48.5 Å². The van der Waals surface area contributed by atoms with Gasteiger partial charge in [0.1, 0.15) is 0 Å². The number of rotatable bonds is 6. The van der Waals surface area contributed by atoms with Crippen LogP contribution in [0.15, 0.2) is 78.9 Å². The lowest BCUT2D eigenvalue weighted by atomic mass is 10.0. The average molecular weight is 390 g/mol. The number of hydrogen-bond acceptors (Lipinski definition) is 5. The molecule has 0 aliphatic rings. The third-order valence-corrected chi connectivity index (χ3v) is 4.24. The average Bonchev–Trinajstić information content (AvgIpc) is 2.74. The van der Waals surface area contributed by atoms with Crippen LogP contribution in [0, 0.1) is 10.1 Å². The van der Waals surface area contributed by atoms with Crippen molar-refractivity contribution >= 4 is 23.3 Å². The standard InChI is InChI=1S/C22H18N2O5/c1-15(29-22(26)17-11-13-18(14-12-17)24(27)28)21(25)23-20-10-6-5-9-19(20)16-7-3-2-4-8-16/h2-15H,1H3,(H,23,25)/t15-/m1/s1. The number of benzene rings is 3. The number of non-ortho nitro benzene ring substituents is 1. The Labute approximate surface area is 167 Å². The van der Waals surface area contributed by atoms with Gasteiger partial charge in [0.05, 0.1) is 10.5 Å². The Morgan fingerprint density at radius 2 is 1.55 bits per heavy atom. The SMILES string of the molecule is C[C@@H](OC(=O)c1ccc([N+](=O)[O-])cc1)C(=O)Nc1ccccc1-c1ccccc1. The first-order valence-corrected chi connectivity index (χ1v) is 8.86. The number of nitrogens with zero attached hydrogens (tertiary/aromatic N) is 1. The zero-order valence-corrected chi connectivity index (χ0v) is 15.6. The highest BCUT2D eigenvalue weighted by atomic mass is 16.6. The number of nitrogens with one attached hydrogen (secondary N) is 1. The molecule has 0 fully saturated rings. The molecule has 146 valence electrons. The number of carbonyl (C=O) groups is 2. The summed E-state index contributed by atoms with van der Waals surface area (Å²) >= 11 is 0. The molecule has 0 bridgehead atoms. The summed E-state index contributed by atoms with van der Waals surface area (Å²) in [7, 11) is 0. The number of amides is 1. The van der Waals surface area contributed by atoms with E-state index in [1.54, 1.807) is 12.1 Å². The predicted octanol–water partition coefficient (Wildman–Crippen LogP) is 4.45. The zero-order valence-electron chi connectivity index (χ0n) is 15.6. The number of carbonyl (C=O) groups excluding carboxylic acids is 2. The fraction of sp³-hybridized carbons (Fsp3) is 0.0909. The van der Waals surface area contributed by atoms with E-state index in [4.69, 9.17) is 4.74 Å². The lowest BCUT2D eigenvalue weighted by molar-refractivity contribution is -0.384. The van der Waals surface area contributed by atoms with Crippen molar-refractivity contribution in [2.75, 3.05) is 5.32 Å².